The van der Waals surface area contributed by atoms with Crippen molar-refractivity contribution < 1.29 is 33.1 Å². The Balaban J connectivity index is -0.000000424. The average Bonchev–Trinajstić information content (AvgIpc) is 3.18. The van der Waals surface area contributed by atoms with Crippen LogP contribution in [0.25, 0.3) is 0 Å². The van der Waals surface area contributed by atoms with Gasteiger partial charge in [0.05, 0.1) is 0 Å². The van der Waals surface area contributed by atoms with Crippen molar-refractivity contribution in [2.24, 2.45) is 0 Å². The van der Waals surface area contributed by atoms with Crippen LogP contribution < -0.4 is 0 Å². The van der Waals surface area contributed by atoms with E-state index in [1.54, 1.807) is 0 Å². The van der Waals surface area contributed by atoms with Crippen LogP contribution in [0.4, 0.5) is 0 Å². The Bertz CT molecular complexity index is 554. The monoisotopic (exact) mass is 580 g/mol. The number of rotatable bonds is 8. The van der Waals surface area contributed by atoms with E-state index in [9.17, 15) is 0 Å². The molecule has 7 heteroatoms. The Hall–Kier alpha value is 0.647. The summed E-state index contributed by atoms with van der Waals surface area (Å²) in [7, 11) is -2.71. The molecule has 2 unspecified atom stereocenters. The molecule has 0 N–H and O–H groups in total. The van der Waals surface area contributed by atoms with Crippen LogP contribution in [-0.2, 0) is 33.1 Å². The third-order valence-corrected chi connectivity index (χ3v) is 5.88. The van der Waals surface area contributed by atoms with Crippen molar-refractivity contribution in [1.29, 1.82) is 0 Å². The van der Waals surface area contributed by atoms with Crippen molar-refractivity contribution >= 4 is 45.2 Å². The van der Waals surface area contributed by atoms with Crippen LogP contribution in [0.2, 0.25) is 39.3 Å². The average molecular weight is 583 g/mol. The zero-order chi connectivity index (χ0) is 22.5. The molecule has 0 spiro atoms. The van der Waals surface area contributed by atoms with E-state index in [2.05, 4.69) is 93.3 Å². The fourth-order valence-corrected chi connectivity index (χ4v) is 5.67. The Morgan fingerprint density at radius 1 is 0.839 bits per heavy atom. The Labute approximate surface area is 222 Å². The van der Waals surface area contributed by atoms with Gasteiger partial charge in [-0.1, -0.05) is 0 Å². The predicted molar refractivity (Wildman–Crippen MR) is 144 cm³/mol. The molecule has 0 aromatic heterocycles. The fourth-order valence-electron chi connectivity index (χ4n) is 3.09. The van der Waals surface area contributed by atoms with E-state index in [0.29, 0.717) is 12.2 Å². The molecular formula is C24H44Cl2O2Si2Zr. The SMILES string of the molecule is CC(CC1=[C-]CC=C1)O[Si](C)(C)C.CC(CC1=[C-]CC=C1)O[Si](C)(C)C.C[CH]=[Zr+2].Cl.Cl. The second-order valence-corrected chi connectivity index (χ2v) is 19.7. The minimum atomic E-state index is -1.36. The summed E-state index contributed by atoms with van der Waals surface area (Å²) in [5, 5.41) is 0. The van der Waals surface area contributed by atoms with Crippen molar-refractivity contribution in [3.8, 4) is 0 Å². The maximum absolute atomic E-state index is 5.94. The van der Waals surface area contributed by atoms with E-state index in [1.807, 2.05) is 6.92 Å². The summed E-state index contributed by atoms with van der Waals surface area (Å²) in [6.45, 7) is 19.7. The quantitative estimate of drug-likeness (QED) is 0.215. The normalized spacial score (nSPS) is 16.4. The first-order valence-corrected chi connectivity index (χ1v) is 18.9. The second-order valence-electron chi connectivity index (χ2n) is 9.40. The summed E-state index contributed by atoms with van der Waals surface area (Å²) in [5.74, 6) is 0. The van der Waals surface area contributed by atoms with Gasteiger partial charge in [0.15, 0.2) is 16.6 Å². The standard InChI is InChI=1S/2C11H19OSi.C2H4.2ClH.Zr/c2*1-10(12-13(2,3)4)9-11-7-5-6-8-11;1-2;;;/h2*5,7,10H,6,9H2,1-4H3;1H,2H3;2*1H;/q2*-1;;;;+2. The van der Waals surface area contributed by atoms with Crippen molar-refractivity contribution in [3.05, 3.63) is 47.6 Å². The van der Waals surface area contributed by atoms with E-state index in [-0.39, 0.29) is 24.8 Å². The first-order valence-electron chi connectivity index (χ1n) is 10.7. The molecule has 0 aromatic carbocycles. The third kappa shape index (κ3) is 23.6. The number of allylic oxidation sites excluding steroid dienone is 6. The van der Waals surface area contributed by atoms with Crippen molar-refractivity contribution in [1.82, 2.24) is 0 Å². The van der Waals surface area contributed by atoms with Gasteiger partial charge in [-0.25, -0.2) is 23.3 Å². The maximum atomic E-state index is 5.94. The summed E-state index contributed by atoms with van der Waals surface area (Å²) >= 11 is 1.51. The van der Waals surface area contributed by atoms with E-state index >= 15 is 0 Å². The smallest absolute Gasteiger partial charge is 0.147 e. The Kier molecular flexibility index (Phi) is 22.2. The van der Waals surface area contributed by atoms with Crippen molar-refractivity contribution in [3.63, 3.8) is 0 Å². The Morgan fingerprint density at radius 3 is 1.32 bits per heavy atom. The molecule has 0 amide bonds. The van der Waals surface area contributed by atoms with Gasteiger partial charge in [-0.3, -0.25) is 12.2 Å². The predicted octanol–water partition coefficient (Wildman–Crippen LogP) is 7.81. The van der Waals surface area contributed by atoms with Crippen LogP contribution in [-0.4, -0.2) is 32.6 Å². The molecule has 31 heavy (non-hydrogen) atoms. The van der Waals surface area contributed by atoms with Crippen LogP contribution in [0.3, 0.4) is 0 Å². The van der Waals surface area contributed by atoms with E-state index in [4.69, 9.17) is 8.85 Å². The first kappa shape index (κ1) is 36.2. The largest absolute Gasteiger partial charge is 0.147 e. The maximum Gasteiger partial charge on any atom is -0.147 e. The molecule has 0 aliphatic heterocycles. The molecule has 0 saturated heterocycles. The topological polar surface area (TPSA) is 18.5 Å². The number of hydrogen-bond acceptors (Lipinski definition) is 2. The summed E-state index contributed by atoms with van der Waals surface area (Å²) in [5.41, 5.74) is 2.62. The van der Waals surface area contributed by atoms with Crippen molar-refractivity contribution in [2.45, 2.75) is 97.9 Å². The van der Waals surface area contributed by atoms with E-state index < -0.39 is 16.6 Å². The van der Waals surface area contributed by atoms with Gasteiger partial charge in [0, 0.05) is 12.2 Å². The minimum absolute atomic E-state index is 0. The van der Waals surface area contributed by atoms with Gasteiger partial charge in [0.2, 0.25) is 0 Å². The number of hydrogen-bond donors (Lipinski definition) is 0. The summed E-state index contributed by atoms with van der Waals surface area (Å²) in [6.07, 6.45) is 19.9. The molecule has 178 valence electrons. The van der Waals surface area contributed by atoms with Gasteiger partial charge in [-0.2, -0.15) is 12.2 Å². The Morgan fingerprint density at radius 2 is 1.13 bits per heavy atom. The molecule has 0 heterocycles. The molecule has 2 nitrogen and oxygen atoms in total. The summed E-state index contributed by atoms with van der Waals surface area (Å²) < 4.78 is 14.0. The van der Waals surface area contributed by atoms with Gasteiger partial charge in [-0.15, -0.1) is 37.7 Å². The van der Waals surface area contributed by atoms with E-state index in [0.717, 1.165) is 25.7 Å². The molecular weight excluding hydrogens is 539 g/mol. The molecule has 2 rings (SSSR count). The molecule has 0 bridgehead atoms. The summed E-state index contributed by atoms with van der Waals surface area (Å²) in [6, 6.07) is 0. The molecule has 2 atom stereocenters. The first-order chi connectivity index (χ1) is 13.4. The van der Waals surface area contributed by atoms with Crippen molar-refractivity contribution in [2.75, 3.05) is 0 Å². The van der Waals surface area contributed by atoms with Crippen LogP contribution in [0, 0.1) is 12.2 Å². The molecule has 2 aliphatic carbocycles. The zero-order valence-corrected chi connectivity index (χ0v) is 27.1. The molecule has 0 aromatic rings. The molecule has 0 radical (unpaired) electrons. The van der Waals surface area contributed by atoms with Crippen LogP contribution in [0.1, 0.15) is 46.5 Å². The van der Waals surface area contributed by atoms with Gasteiger partial charge in [0.25, 0.3) is 0 Å². The molecule has 0 fully saturated rings. The second kappa shape index (κ2) is 19.0. The van der Waals surface area contributed by atoms with Gasteiger partial charge in [0.1, 0.15) is 0 Å². The van der Waals surface area contributed by atoms with E-state index in [1.165, 1.54) is 35.4 Å². The third-order valence-electron chi connectivity index (χ3n) is 3.66. The van der Waals surface area contributed by atoms with Gasteiger partial charge >= 0.3 is 34.9 Å². The molecule has 2 aliphatic rings. The minimum Gasteiger partial charge on any atom is -0.147 e. The summed E-state index contributed by atoms with van der Waals surface area (Å²) in [4.78, 5) is 0. The fraction of sp³-hybridized carbons (Fsp3) is 0.625. The van der Waals surface area contributed by atoms with Gasteiger partial charge < -0.3 is 8.85 Å². The van der Waals surface area contributed by atoms with Crippen LogP contribution in [0.5, 0.6) is 0 Å². The van der Waals surface area contributed by atoms with Crippen LogP contribution in [0.15, 0.2) is 35.5 Å². The van der Waals surface area contributed by atoms with Crippen LogP contribution >= 0.6 is 24.8 Å². The van der Waals surface area contributed by atoms with Gasteiger partial charge in [-0.05, 0) is 66.0 Å². The molecule has 0 saturated carbocycles. The zero-order valence-electron chi connectivity index (χ0n) is 21.0. The number of halogens is 2.